The molecule has 0 radical (unpaired) electrons. The molecule has 300 valence electrons. The van der Waals surface area contributed by atoms with Crippen molar-refractivity contribution in [2.75, 3.05) is 12.4 Å². The summed E-state index contributed by atoms with van der Waals surface area (Å²) in [6, 6.07) is 25.8. The minimum atomic E-state index is -1.03. The highest BCUT2D eigenvalue weighted by atomic mass is 79.9. The Morgan fingerprint density at radius 1 is 0.707 bits per heavy atom. The van der Waals surface area contributed by atoms with Gasteiger partial charge in [-0.05, 0) is 105 Å². The predicted octanol–water partition coefficient (Wildman–Crippen LogP) is 11.7. The Balaban J connectivity index is 0.000000235. The number of anilines is 1. The minimum Gasteiger partial charge on any atom is -0.488 e. The quantitative estimate of drug-likeness (QED) is 0.0828. The van der Waals surface area contributed by atoms with Crippen LogP contribution in [0.15, 0.2) is 112 Å². The molecule has 5 aromatic carbocycles. The van der Waals surface area contributed by atoms with Crippen LogP contribution in [-0.2, 0) is 18.0 Å². The lowest BCUT2D eigenvalue weighted by Crippen LogP contribution is -2.07. The van der Waals surface area contributed by atoms with Crippen molar-refractivity contribution in [2.45, 2.75) is 39.9 Å². The number of rotatable bonds is 14. The molecule has 0 fully saturated rings. The van der Waals surface area contributed by atoms with Gasteiger partial charge in [0.05, 0.1) is 16.8 Å². The number of nitrogens with zero attached hydrogens (tertiary/aromatic N) is 1. The Labute approximate surface area is 348 Å². The molecule has 0 aliphatic carbocycles. The van der Waals surface area contributed by atoms with Gasteiger partial charge in [0, 0.05) is 74.7 Å². The lowest BCUT2D eigenvalue weighted by atomic mass is 10.0. The van der Waals surface area contributed by atoms with Crippen molar-refractivity contribution < 1.29 is 46.5 Å². The number of ether oxygens (including phenoxy) is 2. The van der Waals surface area contributed by atoms with Crippen LogP contribution < -0.4 is 14.8 Å². The summed E-state index contributed by atoms with van der Waals surface area (Å²) >= 11 is 6.78. The van der Waals surface area contributed by atoms with Crippen LogP contribution in [0.25, 0.3) is 16.9 Å². The van der Waals surface area contributed by atoms with E-state index >= 15 is 0 Å². The van der Waals surface area contributed by atoms with Crippen LogP contribution in [0.5, 0.6) is 11.5 Å². The van der Waals surface area contributed by atoms with Gasteiger partial charge >= 0.3 is 5.97 Å². The molecule has 0 saturated heterocycles. The van der Waals surface area contributed by atoms with Crippen LogP contribution in [0, 0.1) is 30.2 Å². The third kappa shape index (κ3) is 11.2. The van der Waals surface area contributed by atoms with Gasteiger partial charge in [-0.15, -0.1) is 0 Å². The van der Waals surface area contributed by atoms with Gasteiger partial charge < -0.3 is 29.3 Å². The molecule has 0 atom stereocenters. The van der Waals surface area contributed by atoms with Gasteiger partial charge in [-0.25, -0.2) is 22.4 Å². The highest BCUT2D eigenvalue weighted by molar-refractivity contribution is 9.10. The molecule has 0 aliphatic heterocycles. The van der Waals surface area contributed by atoms with Crippen molar-refractivity contribution in [1.82, 2.24) is 4.57 Å². The van der Waals surface area contributed by atoms with Gasteiger partial charge in [-0.3, -0.25) is 4.79 Å². The number of ketones is 2. The number of aromatic carboxylic acids is 1. The van der Waals surface area contributed by atoms with Gasteiger partial charge in [-0.2, -0.15) is 0 Å². The summed E-state index contributed by atoms with van der Waals surface area (Å²) in [4.78, 5) is 35.0. The van der Waals surface area contributed by atoms with Gasteiger partial charge in [0.2, 0.25) is 0 Å². The molecule has 8 nitrogen and oxygen atoms in total. The van der Waals surface area contributed by atoms with Gasteiger partial charge in [0.25, 0.3) is 0 Å². The largest absolute Gasteiger partial charge is 0.488 e. The molecule has 0 unspecified atom stereocenters. The second kappa shape index (κ2) is 19.6. The smallest absolute Gasteiger partial charge is 0.335 e. The summed E-state index contributed by atoms with van der Waals surface area (Å²) in [7, 11) is 1.73. The van der Waals surface area contributed by atoms with Crippen molar-refractivity contribution in [3.05, 3.63) is 163 Å². The third-order valence-electron chi connectivity index (χ3n) is 8.75. The highest BCUT2D eigenvalue weighted by Gasteiger charge is 2.18. The third-order valence-corrected chi connectivity index (χ3v) is 9.73. The van der Waals surface area contributed by atoms with Crippen molar-refractivity contribution in [3.63, 3.8) is 0 Å². The lowest BCUT2D eigenvalue weighted by Gasteiger charge is -2.17. The van der Waals surface area contributed by atoms with Crippen LogP contribution in [0.2, 0.25) is 0 Å². The number of aromatic nitrogens is 1. The maximum atomic E-state index is 14.1. The molecule has 6 aromatic rings. The molecule has 14 heteroatoms. The molecule has 58 heavy (non-hydrogen) atoms. The van der Waals surface area contributed by atoms with Crippen molar-refractivity contribution >= 4 is 55.1 Å². The van der Waals surface area contributed by atoms with Crippen LogP contribution >= 0.6 is 31.9 Å². The Morgan fingerprint density at radius 2 is 1.29 bits per heavy atom. The SMILES string of the molecule is CC(=O)CCC(=O)c1cc(Br)ccc1OCc1ccc(F)cc1F.CNc1cc(C(=O)O)cc(-n2c(C)ccc2-c2cc(Br)ccc2OCc2ccc(F)cc2F)c1. The molecule has 6 rings (SSSR count). The van der Waals surface area contributed by atoms with E-state index in [1.165, 1.54) is 25.1 Å². The maximum Gasteiger partial charge on any atom is 0.335 e. The molecule has 1 aromatic heterocycles. The summed E-state index contributed by atoms with van der Waals surface area (Å²) in [5.74, 6) is -3.26. The Kier molecular flexibility index (Phi) is 14.7. The summed E-state index contributed by atoms with van der Waals surface area (Å²) in [5, 5.41) is 12.6. The number of halogens is 6. The van der Waals surface area contributed by atoms with E-state index in [-0.39, 0.29) is 60.1 Å². The average molecular weight is 925 g/mol. The number of benzene rings is 5. The number of hydrogen-bond donors (Lipinski definition) is 2. The van der Waals surface area contributed by atoms with E-state index in [1.807, 2.05) is 41.8 Å². The second-order valence-electron chi connectivity index (χ2n) is 13.0. The minimum absolute atomic E-state index is 0.0748. The normalized spacial score (nSPS) is 10.7. The standard InChI is InChI=1S/C26H21BrF2N2O3.C18H15BrF2O3/c1-15-3-7-24(31(15)21-10-17(26(32)33)9-20(13-21)30-2)22-11-18(27)5-8-25(22)34-14-16-4-6-19(28)12-23(16)29;1-11(22)2-6-17(23)15-8-13(19)4-7-18(15)24-10-12-3-5-14(20)9-16(12)21/h3-13,30H,14H2,1-2H3,(H,32,33);3-5,7-9H,2,6,10H2,1H3. The zero-order chi connectivity index (χ0) is 42.1. The first-order valence-corrected chi connectivity index (χ1v) is 19.2. The van der Waals surface area contributed by atoms with E-state index in [0.717, 1.165) is 39.6 Å². The van der Waals surface area contributed by atoms with Gasteiger partial charge in [0.15, 0.2) is 5.78 Å². The van der Waals surface area contributed by atoms with E-state index in [0.29, 0.717) is 27.2 Å². The second-order valence-corrected chi connectivity index (χ2v) is 14.8. The fraction of sp³-hybridized carbons (Fsp3) is 0.159. The first kappa shape index (κ1) is 43.4. The molecular weight excluding hydrogens is 888 g/mol. The molecule has 2 N–H and O–H groups in total. The maximum absolute atomic E-state index is 14.1. The summed E-state index contributed by atoms with van der Waals surface area (Å²) in [6.45, 7) is 3.12. The number of carbonyl (C=O) groups is 3. The van der Waals surface area contributed by atoms with E-state index in [1.54, 1.807) is 43.4 Å². The number of nitrogens with one attached hydrogen (secondary N) is 1. The zero-order valence-electron chi connectivity index (χ0n) is 31.3. The highest BCUT2D eigenvalue weighted by Crippen LogP contribution is 2.37. The first-order valence-electron chi connectivity index (χ1n) is 17.6. The average Bonchev–Trinajstić information content (AvgIpc) is 3.57. The molecule has 0 bridgehead atoms. The van der Waals surface area contributed by atoms with Gasteiger partial charge in [0.1, 0.15) is 53.8 Å². The lowest BCUT2D eigenvalue weighted by molar-refractivity contribution is -0.117. The number of carboxylic acid groups (broad SMARTS) is 1. The summed E-state index contributed by atoms with van der Waals surface area (Å²) < 4.78 is 68.9. The monoisotopic (exact) mass is 922 g/mol. The number of Topliss-reactive ketones (excluding diaryl/α,β-unsaturated/α-hetero) is 2. The van der Waals surface area contributed by atoms with E-state index in [4.69, 9.17) is 9.47 Å². The molecule has 0 saturated carbocycles. The molecule has 0 aliphatic rings. The topological polar surface area (TPSA) is 107 Å². The van der Waals surface area contributed by atoms with Gasteiger partial charge in [-0.1, -0.05) is 31.9 Å². The van der Waals surface area contributed by atoms with Crippen LogP contribution in [0.1, 0.15) is 57.3 Å². The Hall–Kier alpha value is -5.73. The predicted molar refractivity (Wildman–Crippen MR) is 220 cm³/mol. The van der Waals surface area contributed by atoms with Crippen molar-refractivity contribution in [1.29, 1.82) is 0 Å². The summed E-state index contributed by atoms with van der Waals surface area (Å²) in [5.41, 5.74) is 4.57. The van der Waals surface area contributed by atoms with E-state index < -0.39 is 29.2 Å². The van der Waals surface area contributed by atoms with E-state index in [9.17, 15) is 37.1 Å². The molecule has 0 amide bonds. The zero-order valence-corrected chi connectivity index (χ0v) is 34.5. The fourth-order valence-corrected chi connectivity index (χ4v) is 6.51. The molecule has 1 heterocycles. The van der Waals surface area contributed by atoms with E-state index in [2.05, 4.69) is 37.2 Å². The number of aryl methyl sites for hydroxylation is 1. The summed E-state index contributed by atoms with van der Waals surface area (Å²) in [6.07, 6.45) is 0.227. The number of hydrogen-bond acceptors (Lipinski definition) is 6. The first-order chi connectivity index (χ1) is 27.6. The Bertz CT molecular complexity index is 2490. The van der Waals surface area contributed by atoms with Crippen LogP contribution in [0.3, 0.4) is 0 Å². The fourth-order valence-electron chi connectivity index (χ4n) is 5.79. The van der Waals surface area contributed by atoms with Crippen molar-refractivity contribution in [3.8, 4) is 28.4 Å². The number of carboxylic acids is 1. The molecular formula is C44H36Br2F4N2O6. The Morgan fingerprint density at radius 3 is 1.86 bits per heavy atom. The van der Waals surface area contributed by atoms with Crippen LogP contribution in [-0.4, -0.2) is 34.3 Å². The van der Waals surface area contributed by atoms with Crippen molar-refractivity contribution in [2.24, 2.45) is 0 Å². The number of carbonyl (C=O) groups excluding carboxylic acids is 2. The molecule has 0 spiro atoms. The van der Waals surface area contributed by atoms with Crippen LogP contribution in [0.4, 0.5) is 23.2 Å².